The van der Waals surface area contributed by atoms with Crippen molar-refractivity contribution in [3.8, 4) is 0 Å². The van der Waals surface area contributed by atoms with Crippen molar-refractivity contribution in [3.05, 3.63) is 0 Å². The van der Waals surface area contributed by atoms with Gasteiger partial charge in [-0.05, 0) is 30.1 Å². The van der Waals surface area contributed by atoms with Gasteiger partial charge >= 0.3 is 0 Å². The summed E-state index contributed by atoms with van der Waals surface area (Å²) in [6, 6.07) is 0. The van der Waals surface area contributed by atoms with Crippen molar-refractivity contribution < 1.29 is 0 Å². The molecule has 0 heteroatoms. The van der Waals surface area contributed by atoms with E-state index < -0.39 is 0 Å². The highest BCUT2D eigenvalue weighted by atomic mass is 14.5. The van der Waals surface area contributed by atoms with Gasteiger partial charge in [0.05, 0.1) is 0 Å². The molecule has 0 aromatic carbocycles. The molecule has 1 aliphatic carbocycles. The standard InChI is InChI=1S/C13H26/c1-5-12(4,6-2)13(7-3)10-8-9-11-13/h5-11H2,1-4H3. The fourth-order valence-electron chi connectivity index (χ4n) is 3.44. The minimum atomic E-state index is 0.609. The number of hydrogen-bond acceptors (Lipinski definition) is 0. The summed E-state index contributed by atoms with van der Waals surface area (Å²) in [6.07, 6.45) is 10.0. The lowest BCUT2D eigenvalue weighted by Gasteiger charge is -2.46. The molecular formula is C13H26. The fraction of sp³-hybridized carbons (Fsp3) is 1.00. The van der Waals surface area contributed by atoms with E-state index in [1.165, 1.54) is 44.9 Å². The van der Waals surface area contributed by atoms with E-state index in [1.807, 2.05) is 0 Å². The maximum Gasteiger partial charge on any atom is -0.0246 e. The van der Waals surface area contributed by atoms with Crippen LogP contribution in [0.5, 0.6) is 0 Å². The van der Waals surface area contributed by atoms with Crippen LogP contribution < -0.4 is 0 Å². The normalized spacial score (nSPS) is 22.2. The van der Waals surface area contributed by atoms with Gasteiger partial charge in [-0.15, -0.1) is 0 Å². The molecule has 0 atom stereocenters. The molecule has 0 unspecified atom stereocenters. The van der Waals surface area contributed by atoms with Gasteiger partial charge in [-0.3, -0.25) is 0 Å². The molecule has 0 spiro atoms. The van der Waals surface area contributed by atoms with Gasteiger partial charge in [0, 0.05) is 0 Å². The van der Waals surface area contributed by atoms with Crippen molar-refractivity contribution in [2.75, 3.05) is 0 Å². The van der Waals surface area contributed by atoms with E-state index in [9.17, 15) is 0 Å². The topological polar surface area (TPSA) is 0 Å². The van der Waals surface area contributed by atoms with E-state index >= 15 is 0 Å². The van der Waals surface area contributed by atoms with Crippen LogP contribution in [0, 0.1) is 10.8 Å². The van der Waals surface area contributed by atoms with Crippen LogP contribution in [-0.4, -0.2) is 0 Å². The van der Waals surface area contributed by atoms with Crippen molar-refractivity contribution >= 4 is 0 Å². The van der Waals surface area contributed by atoms with Gasteiger partial charge in [-0.2, -0.15) is 0 Å². The molecule has 0 nitrogen and oxygen atoms in total. The molecule has 0 N–H and O–H groups in total. The zero-order chi connectivity index (χ0) is 9.95. The Morgan fingerprint density at radius 2 is 1.46 bits per heavy atom. The summed E-state index contributed by atoms with van der Waals surface area (Å²) < 4.78 is 0. The Balaban J connectivity index is 2.84. The van der Waals surface area contributed by atoms with Crippen LogP contribution in [0.4, 0.5) is 0 Å². The van der Waals surface area contributed by atoms with E-state index in [4.69, 9.17) is 0 Å². The summed E-state index contributed by atoms with van der Waals surface area (Å²) in [5.41, 5.74) is 1.30. The van der Waals surface area contributed by atoms with Crippen LogP contribution in [0.1, 0.15) is 72.6 Å². The van der Waals surface area contributed by atoms with Gasteiger partial charge in [0.25, 0.3) is 0 Å². The summed E-state index contributed by atoms with van der Waals surface area (Å²) in [5.74, 6) is 0. The lowest BCUT2D eigenvalue weighted by molar-refractivity contribution is 0.0419. The van der Waals surface area contributed by atoms with E-state index in [0.29, 0.717) is 10.8 Å². The molecule has 0 aliphatic heterocycles. The molecule has 1 fully saturated rings. The molecule has 1 saturated carbocycles. The minimum Gasteiger partial charge on any atom is -0.0648 e. The lowest BCUT2D eigenvalue weighted by Crippen LogP contribution is -2.36. The van der Waals surface area contributed by atoms with Gasteiger partial charge in [0.1, 0.15) is 0 Å². The molecule has 0 saturated heterocycles. The van der Waals surface area contributed by atoms with Crippen molar-refractivity contribution in [1.82, 2.24) is 0 Å². The van der Waals surface area contributed by atoms with Crippen LogP contribution >= 0.6 is 0 Å². The molecule has 78 valence electrons. The monoisotopic (exact) mass is 182 g/mol. The maximum absolute atomic E-state index is 2.52. The summed E-state index contributed by atoms with van der Waals surface area (Å²) in [7, 11) is 0. The van der Waals surface area contributed by atoms with E-state index in [2.05, 4.69) is 27.7 Å². The summed E-state index contributed by atoms with van der Waals surface area (Å²) >= 11 is 0. The molecule has 13 heavy (non-hydrogen) atoms. The third-order valence-corrected chi connectivity index (χ3v) is 5.08. The Kier molecular flexibility index (Phi) is 3.43. The first-order valence-corrected chi connectivity index (χ1v) is 6.14. The Bertz CT molecular complexity index is 147. The average molecular weight is 182 g/mol. The molecule has 0 aromatic rings. The van der Waals surface area contributed by atoms with Crippen LogP contribution in [0.2, 0.25) is 0 Å². The summed E-state index contributed by atoms with van der Waals surface area (Å²) in [6.45, 7) is 9.66. The molecule has 1 aliphatic rings. The lowest BCUT2D eigenvalue weighted by atomic mass is 9.59. The predicted molar refractivity (Wildman–Crippen MR) is 59.9 cm³/mol. The quantitative estimate of drug-likeness (QED) is 0.587. The average Bonchev–Trinajstić information content (AvgIpc) is 2.66. The highest BCUT2D eigenvalue weighted by molar-refractivity contribution is 4.96. The van der Waals surface area contributed by atoms with Gasteiger partial charge in [0.2, 0.25) is 0 Å². The van der Waals surface area contributed by atoms with Crippen LogP contribution in [0.25, 0.3) is 0 Å². The fourth-order valence-corrected chi connectivity index (χ4v) is 3.44. The first-order chi connectivity index (χ1) is 6.14. The van der Waals surface area contributed by atoms with Crippen molar-refractivity contribution in [2.45, 2.75) is 72.6 Å². The van der Waals surface area contributed by atoms with Crippen LogP contribution in [0.3, 0.4) is 0 Å². The van der Waals surface area contributed by atoms with Gasteiger partial charge < -0.3 is 0 Å². The van der Waals surface area contributed by atoms with Gasteiger partial charge in [-0.25, -0.2) is 0 Å². The van der Waals surface area contributed by atoms with Crippen LogP contribution in [0.15, 0.2) is 0 Å². The first kappa shape index (κ1) is 11.1. The smallest absolute Gasteiger partial charge is 0.0246 e. The Labute approximate surface area is 84.1 Å². The molecular weight excluding hydrogens is 156 g/mol. The number of rotatable bonds is 4. The zero-order valence-corrected chi connectivity index (χ0v) is 9.95. The van der Waals surface area contributed by atoms with Gasteiger partial charge in [0.15, 0.2) is 0 Å². The Morgan fingerprint density at radius 3 is 1.77 bits per heavy atom. The first-order valence-electron chi connectivity index (χ1n) is 6.14. The second kappa shape index (κ2) is 4.02. The number of hydrogen-bond donors (Lipinski definition) is 0. The minimum absolute atomic E-state index is 0.609. The van der Waals surface area contributed by atoms with E-state index in [1.54, 1.807) is 0 Å². The zero-order valence-electron chi connectivity index (χ0n) is 9.95. The van der Waals surface area contributed by atoms with Gasteiger partial charge in [-0.1, -0.05) is 53.4 Å². The van der Waals surface area contributed by atoms with Crippen molar-refractivity contribution in [1.29, 1.82) is 0 Å². The molecule has 0 bridgehead atoms. The van der Waals surface area contributed by atoms with E-state index in [-0.39, 0.29) is 0 Å². The molecule has 1 rings (SSSR count). The maximum atomic E-state index is 2.52. The third kappa shape index (κ3) is 1.65. The molecule has 0 radical (unpaired) electrons. The molecule has 0 amide bonds. The Morgan fingerprint density at radius 1 is 1.00 bits per heavy atom. The highest BCUT2D eigenvalue weighted by Crippen LogP contribution is 2.56. The summed E-state index contributed by atoms with van der Waals surface area (Å²) in [5, 5.41) is 0. The van der Waals surface area contributed by atoms with Crippen molar-refractivity contribution in [3.63, 3.8) is 0 Å². The SMILES string of the molecule is CCC(C)(CC)C1(CC)CCCC1. The largest absolute Gasteiger partial charge is 0.0648 e. The van der Waals surface area contributed by atoms with E-state index in [0.717, 1.165) is 0 Å². The van der Waals surface area contributed by atoms with Crippen LogP contribution in [-0.2, 0) is 0 Å². The van der Waals surface area contributed by atoms with Crippen molar-refractivity contribution in [2.24, 2.45) is 10.8 Å². The summed E-state index contributed by atoms with van der Waals surface area (Å²) in [4.78, 5) is 0. The third-order valence-electron chi connectivity index (χ3n) is 5.08. The molecule has 0 aromatic heterocycles. The Hall–Kier alpha value is 0. The highest BCUT2D eigenvalue weighted by Gasteiger charge is 2.45. The second-order valence-corrected chi connectivity index (χ2v) is 5.11. The second-order valence-electron chi connectivity index (χ2n) is 5.11. The molecule has 0 heterocycles. The predicted octanol–water partition coefficient (Wildman–Crippen LogP) is 4.78.